The van der Waals surface area contributed by atoms with Crippen molar-refractivity contribution >= 4 is 5.91 Å². The fraction of sp³-hybridized carbons (Fsp3) is 0.520. The van der Waals surface area contributed by atoms with Gasteiger partial charge in [-0.3, -0.25) is 14.7 Å². The number of hydrogen-bond acceptors (Lipinski definition) is 4. The molecule has 0 radical (unpaired) electrons. The topological polar surface area (TPSA) is 54.5 Å². The maximum absolute atomic E-state index is 11.8. The predicted molar refractivity (Wildman–Crippen MR) is 118 cm³/mol. The number of likely N-dealkylation sites (tertiary alicyclic amines) is 1. The molecule has 1 aromatic carbocycles. The second-order valence-electron chi connectivity index (χ2n) is 8.71. The van der Waals surface area contributed by atoms with Crippen molar-refractivity contribution in [3.05, 3.63) is 59.9 Å². The first-order valence-electron chi connectivity index (χ1n) is 11.3. The minimum Gasteiger partial charge on any atom is -0.490 e. The van der Waals surface area contributed by atoms with Crippen molar-refractivity contribution in [3.63, 3.8) is 0 Å². The van der Waals surface area contributed by atoms with Crippen LogP contribution in [-0.4, -0.2) is 35.0 Å². The van der Waals surface area contributed by atoms with E-state index in [9.17, 15) is 4.79 Å². The number of nitrogens with one attached hydrogen (secondary N) is 1. The lowest BCUT2D eigenvalue weighted by Gasteiger charge is -2.36. The highest BCUT2D eigenvalue weighted by molar-refractivity contribution is 5.73. The van der Waals surface area contributed by atoms with Crippen LogP contribution in [0, 0.1) is 5.92 Å². The van der Waals surface area contributed by atoms with Crippen LogP contribution < -0.4 is 10.1 Å². The number of carbonyl (C=O) groups is 1. The normalized spacial score (nSPS) is 19.5. The lowest BCUT2D eigenvalue weighted by molar-refractivity contribution is -0.120. The second-order valence-corrected chi connectivity index (χ2v) is 8.71. The average Bonchev–Trinajstić information content (AvgIpc) is 3.28. The zero-order valence-corrected chi connectivity index (χ0v) is 17.9. The standard InChI is InChI=1S/C25H33N3O2/c1-19(29)27-25(24-8-4-5-15-26-24)21-13-16-28(17-14-21)18-20-9-11-23(12-10-20)30-22-6-2-3-7-22/h4-5,8-12,15,21-22,25H,2-3,6-7,13-14,16-18H2,1H3,(H,27,29). The van der Waals surface area contributed by atoms with Gasteiger partial charge in [-0.1, -0.05) is 18.2 Å². The molecular weight excluding hydrogens is 374 g/mol. The molecule has 1 aliphatic carbocycles. The molecule has 2 aliphatic rings. The lowest BCUT2D eigenvalue weighted by atomic mass is 9.87. The quantitative estimate of drug-likeness (QED) is 0.735. The molecule has 1 saturated heterocycles. The summed E-state index contributed by atoms with van der Waals surface area (Å²) in [5.74, 6) is 1.42. The van der Waals surface area contributed by atoms with Crippen LogP contribution in [0.15, 0.2) is 48.7 Å². The number of benzene rings is 1. The van der Waals surface area contributed by atoms with Crippen LogP contribution in [0.2, 0.25) is 0 Å². The van der Waals surface area contributed by atoms with E-state index in [0.717, 1.165) is 43.9 Å². The van der Waals surface area contributed by atoms with E-state index in [1.54, 1.807) is 13.1 Å². The van der Waals surface area contributed by atoms with E-state index in [4.69, 9.17) is 4.74 Å². The number of ether oxygens (including phenoxy) is 1. The number of carbonyl (C=O) groups excluding carboxylic acids is 1. The van der Waals surface area contributed by atoms with E-state index in [1.807, 2.05) is 18.2 Å². The van der Waals surface area contributed by atoms with Crippen LogP contribution in [-0.2, 0) is 11.3 Å². The first-order chi connectivity index (χ1) is 14.7. The summed E-state index contributed by atoms with van der Waals surface area (Å²) in [5, 5.41) is 3.13. The molecule has 4 rings (SSSR count). The van der Waals surface area contributed by atoms with E-state index >= 15 is 0 Å². The van der Waals surface area contributed by atoms with Gasteiger partial charge in [-0.05, 0) is 87.4 Å². The molecule has 1 aliphatic heterocycles. The first-order valence-corrected chi connectivity index (χ1v) is 11.3. The molecule has 1 amide bonds. The zero-order chi connectivity index (χ0) is 20.8. The first kappa shape index (κ1) is 20.9. The number of hydrogen-bond donors (Lipinski definition) is 1. The molecule has 2 fully saturated rings. The van der Waals surface area contributed by atoms with Crippen molar-refractivity contribution in [2.24, 2.45) is 5.92 Å². The number of nitrogens with zero attached hydrogens (tertiary/aromatic N) is 2. The minimum absolute atomic E-state index is 0.00197. The third-order valence-corrected chi connectivity index (χ3v) is 6.40. The summed E-state index contributed by atoms with van der Waals surface area (Å²) >= 11 is 0. The Morgan fingerprint density at radius 3 is 2.47 bits per heavy atom. The van der Waals surface area contributed by atoms with E-state index in [0.29, 0.717) is 12.0 Å². The van der Waals surface area contributed by atoms with Gasteiger partial charge in [0.05, 0.1) is 17.8 Å². The fourth-order valence-electron chi connectivity index (χ4n) is 4.79. The second kappa shape index (κ2) is 10.1. The monoisotopic (exact) mass is 407 g/mol. The smallest absolute Gasteiger partial charge is 0.217 e. The van der Waals surface area contributed by atoms with Crippen molar-refractivity contribution in [1.29, 1.82) is 0 Å². The van der Waals surface area contributed by atoms with E-state index in [1.165, 1.54) is 31.2 Å². The zero-order valence-electron chi connectivity index (χ0n) is 17.9. The van der Waals surface area contributed by atoms with Crippen molar-refractivity contribution in [2.45, 2.75) is 64.1 Å². The van der Waals surface area contributed by atoms with Gasteiger partial charge in [0.1, 0.15) is 5.75 Å². The Balaban J connectivity index is 1.29. The van der Waals surface area contributed by atoms with Crippen molar-refractivity contribution in [1.82, 2.24) is 15.2 Å². The van der Waals surface area contributed by atoms with E-state index in [-0.39, 0.29) is 11.9 Å². The van der Waals surface area contributed by atoms with Crippen molar-refractivity contribution in [2.75, 3.05) is 13.1 Å². The van der Waals surface area contributed by atoms with Gasteiger partial charge < -0.3 is 10.1 Å². The molecule has 1 unspecified atom stereocenters. The molecule has 5 nitrogen and oxygen atoms in total. The van der Waals surface area contributed by atoms with Gasteiger partial charge in [-0.15, -0.1) is 0 Å². The number of aromatic nitrogens is 1. The molecule has 0 bridgehead atoms. The molecule has 1 atom stereocenters. The molecule has 30 heavy (non-hydrogen) atoms. The Labute approximate surface area is 179 Å². The Kier molecular flexibility index (Phi) is 7.00. The largest absolute Gasteiger partial charge is 0.490 e. The highest BCUT2D eigenvalue weighted by atomic mass is 16.5. The number of amides is 1. The summed E-state index contributed by atoms with van der Waals surface area (Å²) < 4.78 is 6.08. The third kappa shape index (κ3) is 5.60. The Morgan fingerprint density at radius 1 is 1.10 bits per heavy atom. The van der Waals surface area contributed by atoms with Crippen LogP contribution in [0.5, 0.6) is 5.75 Å². The summed E-state index contributed by atoms with van der Waals surface area (Å²) in [6, 6.07) is 14.6. The van der Waals surface area contributed by atoms with Crippen LogP contribution in [0.1, 0.15) is 62.7 Å². The van der Waals surface area contributed by atoms with Crippen LogP contribution in [0.4, 0.5) is 0 Å². The predicted octanol–water partition coefficient (Wildman–Crippen LogP) is 4.49. The maximum atomic E-state index is 11.8. The number of rotatable bonds is 7. The summed E-state index contributed by atoms with van der Waals surface area (Å²) in [5.41, 5.74) is 2.29. The average molecular weight is 408 g/mol. The fourth-order valence-corrected chi connectivity index (χ4v) is 4.79. The summed E-state index contributed by atoms with van der Waals surface area (Å²) in [6.07, 6.45) is 9.30. The van der Waals surface area contributed by atoms with Gasteiger partial charge in [-0.25, -0.2) is 0 Å². The highest BCUT2D eigenvalue weighted by Crippen LogP contribution is 2.31. The Bertz CT molecular complexity index is 795. The van der Waals surface area contributed by atoms with Crippen molar-refractivity contribution in [3.8, 4) is 5.75 Å². The Morgan fingerprint density at radius 2 is 1.83 bits per heavy atom. The van der Waals surface area contributed by atoms with Gasteiger partial charge >= 0.3 is 0 Å². The highest BCUT2D eigenvalue weighted by Gasteiger charge is 2.29. The maximum Gasteiger partial charge on any atom is 0.217 e. The summed E-state index contributed by atoms with van der Waals surface area (Å²) in [6.45, 7) is 4.62. The molecule has 1 N–H and O–H groups in total. The molecule has 2 heterocycles. The third-order valence-electron chi connectivity index (χ3n) is 6.40. The van der Waals surface area contributed by atoms with Gasteiger partial charge in [0.15, 0.2) is 0 Å². The van der Waals surface area contributed by atoms with Gasteiger partial charge in [0.25, 0.3) is 0 Å². The van der Waals surface area contributed by atoms with Crippen molar-refractivity contribution < 1.29 is 9.53 Å². The molecule has 1 aromatic heterocycles. The number of pyridine rings is 1. The van der Waals surface area contributed by atoms with Gasteiger partial charge in [-0.2, -0.15) is 0 Å². The van der Waals surface area contributed by atoms with E-state index in [2.05, 4.69) is 39.5 Å². The minimum atomic E-state index is -0.00197. The van der Waals surface area contributed by atoms with Gasteiger partial charge in [0, 0.05) is 19.7 Å². The summed E-state index contributed by atoms with van der Waals surface area (Å²) in [7, 11) is 0. The van der Waals surface area contributed by atoms with Gasteiger partial charge in [0.2, 0.25) is 5.91 Å². The van der Waals surface area contributed by atoms with Crippen LogP contribution in [0.3, 0.4) is 0 Å². The SMILES string of the molecule is CC(=O)NC(c1ccccn1)C1CCN(Cc2ccc(OC3CCCC3)cc2)CC1. The lowest BCUT2D eigenvalue weighted by Crippen LogP contribution is -2.40. The number of piperidine rings is 1. The van der Waals surface area contributed by atoms with Crippen LogP contribution >= 0.6 is 0 Å². The molecule has 2 aromatic rings. The molecule has 0 spiro atoms. The molecule has 160 valence electrons. The Hall–Kier alpha value is -2.40. The summed E-state index contributed by atoms with van der Waals surface area (Å²) in [4.78, 5) is 18.8. The van der Waals surface area contributed by atoms with Crippen LogP contribution in [0.25, 0.3) is 0 Å². The van der Waals surface area contributed by atoms with E-state index < -0.39 is 0 Å². The molecular formula is C25H33N3O2. The molecule has 1 saturated carbocycles. The molecule has 5 heteroatoms.